The Morgan fingerprint density at radius 3 is 2.86 bits per heavy atom. The Kier molecular flexibility index (Phi) is 5.08. The minimum atomic E-state index is -0.513. The molecule has 0 saturated carbocycles. The third-order valence-electron chi connectivity index (χ3n) is 3.46. The number of aromatic nitrogens is 2. The third kappa shape index (κ3) is 3.90. The predicted molar refractivity (Wildman–Crippen MR) is 79.6 cm³/mol. The van der Waals surface area contributed by atoms with Crippen molar-refractivity contribution in [3.05, 3.63) is 27.6 Å². The second kappa shape index (κ2) is 7.01. The Bertz CT molecular complexity index is 557. The first-order valence-corrected chi connectivity index (χ1v) is 7.10. The van der Waals surface area contributed by atoms with Gasteiger partial charge in [-0.25, -0.2) is 4.98 Å². The molecule has 21 heavy (non-hydrogen) atoms. The molecule has 1 N–H and O–H groups in total. The molecule has 0 unspecified atom stereocenters. The van der Waals surface area contributed by atoms with E-state index in [4.69, 9.17) is 4.74 Å². The quantitative estimate of drug-likeness (QED) is 0.492. The third-order valence-corrected chi connectivity index (χ3v) is 3.46. The lowest BCUT2D eigenvalue weighted by atomic mass is 9.97. The van der Waals surface area contributed by atoms with Gasteiger partial charge < -0.3 is 10.1 Å². The number of methoxy groups -OCH3 is 1. The molecule has 2 rings (SSSR count). The van der Waals surface area contributed by atoms with Gasteiger partial charge in [0.1, 0.15) is 5.82 Å². The van der Waals surface area contributed by atoms with Crippen LogP contribution in [0.25, 0.3) is 0 Å². The van der Waals surface area contributed by atoms with Gasteiger partial charge in [-0.05, 0) is 39.0 Å². The van der Waals surface area contributed by atoms with E-state index >= 15 is 0 Å². The monoisotopic (exact) mass is 292 g/mol. The number of aryl methyl sites for hydroxylation is 1. The van der Waals surface area contributed by atoms with Crippen molar-refractivity contribution in [2.24, 2.45) is 0 Å². The van der Waals surface area contributed by atoms with Crippen molar-refractivity contribution < 1.29 is 9.66 Å². The summed E-state index contributed by atoms with van der Waals surface area (Å²) >= 11 is 0. The molecule has 1 aromatic heterocycles. The zero-order chi connectivity index (χ0) is 15.2. The predicted octanol–water partition coefficient (Wildman–Crippen LogP) is 3.00. The van der Waals surface area contributed by atoms with Gasteiger partial charge in [0.2, 0.25) is 5.82 Å². The maximum absolute atomic E-state index is 11.2. The van der Waals surface area contributed by atoms with Gasteiger partial charge in [-0.15, -0.1) is 0 Å². The average molecular weight is 292 g/mol. The average Bonchev–Trinajstić information content (AvgIpc) is 2.47. The van der Waals surface area contributed by atoms with E-state index in [1.54, 1.807) is 6.92 Å². The molecule has 0 aliphatic heterocycles. The van der Waals surface area contributed by atoms with Gasteiger partial charge in [-0.3, -0.25) is 10.1 Å². The first-order valence-electron chi connectivity index (χ1n) is 7.10. The number of nitrogens with zero attached hydrogens (tertiary/aromatic N) is 3. The standard InChI is InChI=1S/C14H20N4O3/c1-10-16-13(12(18(19)20)14(17-10)21-2)15-9-8-11-6-4-3-5-7-11/h6H,3-5,7-9H2,1-2H3,(H,15,16,17). The van der Waals surface area contributed by atoms with E-state index in [1.807, 2.05) is 0 Å². The highest BCUT2D eigenvalue weighted by atomic mass is 16.6. The van der Waals surface area contributed by atoms with Crippen LogP contribution in [0.1, 0.15) is 37.9 Å². The van der Waals surface area contributed by atoms with Gasteiger partial charge in [0, 0.05) is 6.54 Å². The summed E-state index contributed by atoms with van der Waals surface area (Å²) in [5.74, 6) is 0.657. The van der Waals surface area contributed by atoms with Crippen LogP contribution in [0.3, 0.4) is 0 Å². The van der Waals surface area contributed by atoms with Gasteiger partial charge in [0.15, 0.2) is 0 Å². The van der Waals surface area contributed by atoms with E-state index in [0.717, 1.165) is 19.3 Å². The highest BCUT2D eigenvalue weighted by Gasteiger charge is 2.24. The number of ether oxygens (including phenoxy) is 1. The van der Waals surface area contributed by atoms with E-state index in [2.05, 4.69) is 21.4 Å². The molecule has 0 saturated heterocycles. The van der Waals surface area contributed by atoms with Crippen molar-refractivity contribution >= 4 is 11.5 Å². The fraction of sp³-hybridized carbons (Fsp3) is 0.571. The van der Waals surface area contributed by atoms with Crippen molar-refractivity contribution in [2.45, 2.75) is 39.0 Å². The minimum absolute atomic E-state index is 0.00752. The Hall–Kier alpha value is -2.18. The summed E-state index contributed by atoms with van der Waals surface area (Å²) in [6, 6.07) is 0. The van der Waals surface area contributed by atoms with Crippen LogP contribution in [0.2, 0.25) is 0 Å². The summed E-state index contributed by atoms with van der Waals surface area (Å²) in [6.45, 7) is 2.30. The Morgan fingerprint density at radius 2 is 2.24 bits per heavy atom. The molecule has 7 nitrogen and oxygen atoms in total. The van der Waals surface area contributed by atoms with Gasteiger partial charge in [0.25, 0.3) is 5.88 Å². The van der Waals surface area contributed by atoms with Crippen LogP contribution in [0.5, 0.6) is 5.88 Å². The van der Waals surface area contributed by atoms with Crippen LogP contribution in [-0.4, -0.2) is 28.5 Å². The molecule has 0 radical (unpaired) electrons. The molecular weight excluding hydrogens is 272 g/mol. The normalized spacial score (nSPS) is 14.5. The lowest BCUT2D eigenvalue weighted by molar-refractivity contribution is -0.385. The maximum atomic E-state index is 11.2. The van der Waals surface area contributed by atoms with Gasteiger partial charge in [-0.2, -0.15) is 4.98 Å². The number of hydrogen-bond acceptors (Lipinski definition) is 6. The molecule has 0 spiro atoms. The fourth-order valence-corrected chi connectivity index (χ4v) is 2.44. The van der Waals surface area contributed by atoms with Crippen molar-refractivity contribution in [1.82, 2.24) is 9.97 Å². The van der Waals surface area contributed by atoms with Crippen molar-refractivity contribution in [2.75, 3.05) is 19.0 Å². The van der Waals surface area contributed by atoms with E-state index in [-0.39, 0.29) is 17.4 Å². The number of anilines is 1. The number of nitro groups is 1. The molecule has 0 atom stereocenters. The Balaban J connectivity index is 2.09. The van der Waals surface area contributed by atoms with E-state index in [9.17, 15) is 10.1 Å². The molecule has 1 aliphatic rings. The van der Waals surface area contributed by atoms with Crippen LogP contribution in [-0.2, 0) is 0 Å². The first kappa shape index (κ1) is 15.2. The topological polar surface area (TPSA) is 90.2 Å². The van der Waals surface area contributed by atoms with E-state index < -0.39 is 4.92 Å². The molecule has 0 aromatic carbocycles. The van der Waals surface area contributed by atoms with Crippen LogP contribution < -0.4 is 10.1 Å². The van der Waals surface area contributed by atoms with Gasteiger partial charge in [-0.1, -0.05) is 11.6 Å². The van der Waals surface area contributed by atoms with Gasteiger partial charge in [0.05, 0.1) is 12.0 Å². The van der Waals surface area contributed by atoms with Crippen molar-refractivity contribution in [3.63, 3.8) is 0 Å². The molecule has 0 amide bonds. The molecule has 1 aromatic rings. The zero-order valence-electron chi connectivity index (χ0n) is 12.4. The van der Waals surface area contributed by atoms with Gasteiger partial charge >= 0.3 is 5.69 Å². The van der Waals surface area contributed by atoms with Crippen molar-refractivity contribution in [3.8, 4) is 5.88 Å². The molecule has 0 bridgehead atoms. The van der Waals surface area contributed by atoms with Crippen molar-refractivity contribution in [1.29, 1.82) is 0 Å². The highest BCUT2D eigenvalue weighted by Crippen LogP contribution is 2.31. The summed E-state index contributed by atoms with van der Waals surface area (Å²) in [5, 5.41) is 14.2. The Labute approximate surface area is 123 Å². The summed E-state index contributed by atoms with van der Waals surface area (Å²) < 4.78 is 4.98. The minimum Gasteiger partial charge on any atom is -0.476 e. The molecular formula is C14H20N4O3. The molecule has 1 aliphatic carbocycles. The number of hydrogen-bond donors (Lipinski definition) is 1. The van der Waals surface area contributed by atoms with Crippen LogP contribution in [0, 0.1) is 17.0 Å². The summed E-state index contributed by atoms with van der Waals surface area (Å²) in [7, 11) is 1.37. The van der Waals surface area contributed by atoms with Crippen LogP contribution in [0.15, 0.2) is 11.6 Å². The Morgan fingerprint density at radius 1 is 1.43 bits per heavy atom. The molecule has 0 fully saturated rings. The summed E-state index contributed by atoms with van der Waals surface area (Å²) in [6.07, 6.45) is 7.89. The number of allylic oxidation sites excluding steroid dienone is 1. The zero-order valence-corrected chi connectivity index (χ0v) is 12.4. The maximum Gasteiger partial charge on any atom is 0.372 e. The smallest absolute Gasteiger partial charge is 0.372 e. The lowest BCUT2D eigenvalue weighted by Gasteiger charge is -2.13. The molecule has 114 valence electrons. The second-order valence-electron chi connectivity index (χ2n) is 5.02. The van der Waals surface area contributed by atoms with E-state index in [1.165, 1.54) is 25.5 Å². The van der Waals surface area contributed by atoms with Crippen LogP contribution in [0.4, 0.5) is 11.5 Å². The fourth-order valence-electron chi connectivity index (χ4n) is 2.44. The lowest BCUT2D eigenvalue weighted by Crippen LogP contribution is -2.10. The largest absolute Gasteiger partial charge is 0.476 e. The number of rotatable bonds is 6. The SMILES string of the molecule is COc1nc(C)nc(NCCC2=CCCCC2)c1[N+](=O)[O-]. The summed E-state index contributed by atoms with van der Waals surface area (Å²) in [5.41, 5.74) is 1.20. The molecule has 1 heterocycles. The summed E-state index contributed by atoms with van der Waals surface area (Å²) in [4.78, 5) is 18.7. The number of nitrogens with one attached hydrogen (secondary N) is 1. The second-order valence-corrected chi connectivity index (χ2v) is 5.02. The van der Waals surface area contributed by atoms with Crippen LogP contribution >= 0.6 is 0 Å². The first-order chi connectivity index (χ1) is 10.1. The van der Waals surface area contributed by atoms with E-state index in [0.29, 0.717) is 12.4 Å². The molecule has 7 heteroatoms. The highest BCUT2D eigenvalue weighted by molar-refractivity contribution is 5.61.